The minimum atomic E-state index is -1.06. The monoisotopic (exact) mass is 1030 g/mol. The van der Waals surface area contributed by atoms with Gasteiger partial charge in [-0.05, 0) is 106 Å². The summed E-state index contributed by atoms with van der Waals surface area (Å²) in [6.07, 6.45) is 27.9. The minimum absolute atomic E-state index is 0.0147. The third-order valence-corrected chi connectivity index (χ3v) is 12.1. The molecule has 2 aromatic rings. The van der Waals surface area contributed by atoms with Crippen molar-refractivity contribution < 1.29 is 57.3 Å². The molecule has 0 saturated heterocycles. The molecule has 0 fully saturated rings. The highest BCUT2D eigenvalue weighted by Gasteiger charge is 2.23. The zero-order valence-corrected chi connectivity index (χ0v) is 44.1. The molecule has 0 amide bonds. The third-order valence-electron chi connectivity index (χ3n) is 11.5. The highest BCUT2D eigenvalue weighted by Crippen LogP contribution is 2.35. The van der Waals surface area contributed by atoms with Crippen LogP contribution in [0.15, 0.2) is 60.7 Å². The lowest BCUT2D eigenvalue weighted by molar-refractivity contribution is -0.384. The molecule has 0 aromatic heterocycles. The van der Waals surface area contributed by atoms with E-state index in [0.717, 1.165) is 77.0 Å². The van der Waals surface area contributed by atoms with Crippen molar-refractivity contribution in [1.29, 1.82) is 0 Å². The molecule has 0 bridgehead atoms. The summed E-state index contributed by atoms with van der Waals surface area (Å²) in [5, 5.41) is 10.9. The smallest absolute Gasteiger partial charge is 0.462 e. The molecule has 0 aliphatic heterocycles. The molecule has 0 N–H and O–H groups in total. The summed E-state index contributed by atoms with van der Waals surface area (Å²) in [6.45, 7) is 7.46. The molecule has 396 valence electrons. The Kier molecular flexibility index (Phi) is 33.9. The Balaban J connectivity index is 1.80. The quantitative estimate of drug-likeness (QED) is 0.00901. The van der Waals surface area contributed by atoms with E-state index in [0.29, 0.717) is 31.2 Å². The maximum Gasteiger partial charge on any atom is 0.514 e. The number of ether oxygens (including phenoxy) is 6. The number of rotatable bonds is 39. The molecule has 14 nitrogen and oxygen atoms in total. The maximum absolute atomic E-state index is 13.2. The summed E-state index contributed by atoms with van der Waals surface area (Å²) in [6, 6.07) is 7.74. The van der Waals surface area contributed by atoms with Crippen LogP contribution >= 0.6 is 23.2 Å². The van der Waals surface area contributed by atoms with Gasteiger partial charge in [-0.15, -0.1) is 0 Å². The Bertz CT molecular complexity index is 1870. The summed E-state index contributed by atoms with van der Waals surface area (Å²) < 4.78 is 32.4. The van der Waals surface area contributed by atoms with E-state index in [4.69, 9.17) is 51.6 Å². The number of unbranched alkanes of at least 4 members (excludes halogenated alkanes) is 14. The van der Waals surface area contributed by atoms with Crippen molar-refractivity contribution in [3.63, 3.8) is 0 Å². The molecular formula is C55H79Cl2NO13. The number of nitro groups is 1. The number of halogens is 2. The predicted molar refractivity (Wildman–Crippen MR) is 277 cm³/mol. The molecule has 0 aliphatic rings. The molecule has 0 heterocycles. The van der Waals surface area contributed by atoms with Crippen molar-refractivity contribution >= 4 is 58.9 Å². The lowest BCUT2D eigenvalue weighted by atomic mass is 9.94. The Morgan fingerprint density at radius 2 is 1.04 bits per heavy atom. The van der Waals surface area contributed by atoms with Crippen LogP contribution in [0.4, 0.5) is 10.5 Å². The largest absolute Gasteiger partial charge is 0.514 e. The fraction of sp³-hybridized carbons (Fsp3) is 0.618. The van der Waals surface area contributed by atoms with E-state index in [1.807, 2.05) is 13.8 Å². The first-order valence-corrected chi connectivity index (χ1v) is 26.5. The van der Waals surface area contributed by atoms with Gasteiger partial charge in [-0.1, -0.05) is 139 Å². The van der Waals surface area contributed by atoms with Gasteiger partial charge in [0.25, 0.3) is 5.69 Å². The SMILES string of the molecule is CCCC/C=C\CCCCCCCC(=O)OCC(COC(=O)CCCCCCC/C=C\CCCC)OC(=O)CC(C)CCC(C)CC(=O)Oc1c(Cl)cc(COC(=O)Oc2ccc([N+](=O)[O-])cc2)cc1Cl. The molecule has 0 aliphatic carbocycles. The Hall–Kier alpha value is -4.95. The zero-order chi connectivity index (χ0) is 52.1. The molecule has 0 radical (unpaired) electrons. The van der Waals surface area contributed by atoms with E-state index < -0.39 is 29.1 Å². The molecule has 16 heteroatoms. The van der Waals surface area contributed by atoms with Gasteiger partial charge in [-0.25, -0.2) is 4.79 Å². The van der Waals surface area contributed by atoms with Crippen LogP contribution in [-0.2, 0) is 44.7 Å². The highest BCUT2D eigenvalue weighted by molar-refractivity contribution is 6.37. The van der Waals surface area contributed by atoms with Gasteiger partial charge in [0, 0.05) is 37.8 Å². The number of allylic oxidation sites excluding steroid dienone is 4. The molecule has 0 spiro atoms. The average molecular weight is 1030 g/mol. The van der Waals surface area contributed by atoms with Crippen LogP contribution in [0, 0.1) is 22.0 Å². The number of esters is 4. The summed E-state index contributed by atoms with van der Waals surface area (Å²) >= 11 is 12.8. The van der Waals surface area contributed by atoms with Crippen LogP contribution < -0.4 is 9.47 Å². The summed E-state index contributed by atoms with van der Waals surface area (Å²) in [5.41, 5.74) is 0.221. The van der Waals surface area contributed by atoms with Crippen LogP contribution in [0.3, 0.4) is 0 Å². The van der Waals surface area contributed by atoms with Gasteiger partial charge in [0.2, 0.25) is 0 Å². The first-order chi connectivity index (χ1) is 34.2. The molecule has 71 heavy (non-hydrogen) atoms. The number of nitro benzene ring substituents is 1. The molecular weight excluding hydrogens is 954 g/mol. The van der Waals surface area contributed by atoms with E-state index >= 15 is 0 Å². The summed E-state index contributed by atoms with van der Waals surface area (Å²) in [4.78, 5) is 73.8. The standard InChI is InChI=1S/C55H79Cl2NO13/c1-5-7-9-11-13-15-17-19-21-23-25-27-50(59)66-40-47(41-67-51(60)28-26-24-22-20-18-16-14-12-10-8-6-2)69-52(61)35-42(3)29-30-43(4)36-53(62)71-54-48(56)37-44(38-49(54)57)39-68-55(63)70-46-33-31-45(32-34-46)58(64)65/h11-14,31-34,37-38,42-43,47H,5-10,15-30,35-36,39-41H2,1-4H3/b13-11-,14-12-. The second kappa shape index (κ2) is 38.7. The van der Waals surface area contributed by atoms with Gasteiger partial charge in [-0.2, -0.15) is 0 Å². The van der Waals surface area contributed by atoms with Crippen LogP contribution in [0.25, 0.3) is 0 Å². The van der Waals surface area contributed by atoms with Gasteiger partial charge >= 0.3 is 30.0 Å². The maximum atomic E-state index is 13.2. The second-order valence-electron chi connectivity index (χ2n) is 18.3. The fourth-order valence-electron chi connectivity index (χ4n) is 7.30. The number of non-ortho nitro benzene ring substituents is 1. The van der Waals surface area contributed by atoms with Gasteiger partial charge in [0.1, 0.15) is 25.6 Å². The van der Waals surface area contributed by atoms with Crippen molar-refractivity contribution in [3.8, 4) is 11.5 Å². The Morgan fingerprint density at radius 1 is 0.592 bits per heavy atom. The predicted octanol–water partition coefficient (Wildman–Crippen LogP) is 15.3. The van der Waals surface area contributed by atoms with Crippen molar-refractivity contribution in [1.82, 2.24) is 0 Å². The van der Waals surface area contributed by atoms with Crippen molar-refractivity contribution in [2.24, 2.45) is 11.8 Å². The van der Waals surface area contributed by atoms with E-state index in [1.165, 1.54) is 62.1 Å². The van der Waals surface area contributed by atoms with Gasteiger partial charge in [-0.3, -0.25) is 29.3 Å². The molecule has 0 saturated carbocycles. The lowest BCUT2D eigenvalue weighted by Gasteiger charge is -2.20. The number of nitrogens with zero attached hydrogens (tertiary/aromatic N) is 1. The number of hydrogen-bond acceptors (Lipinski definition) is 13. The number of hydrogen-bond donors (Lipinski definition) is 0. The topological polar surface area (TPSA) is 184 Å². The van der Waals surface area contributed by atoms with E-state index in [-0.39, 0.29) is 96.5 Å². The van der Waals surface area contributed by atoms with Crippen LogP contribution in [-0.4, -0.2) is 54.3 Å². The van der Waals surface area contributed by atoms with Crippen molar-refractivity contribution in [2.75, 3.05) is 13.2 Å². The molecule has 2 aromatic carbocycles. The highest BCUT2D eigenvalue weighted by atomic mass is 35.5. The zero-order valence-electron chi connectivity index (χ0n) is 42.6. The van der Waals surface area contributed by atoms with Crippen LogP contribution in [0.5, 0.6) is 11.5 Å². The first kappa shape index (κ1) is 62.2. The minimum Gasteiger partial charge on any atom is -0.462 e. The molecule has 2 rings (SSSR count). The van der Waals surface area contributed by atoms with E-state index in [2.05, 4.69) is 38.2 Å². The van der Waals surface area contributed by atoms with Gasteiger partial charge < -0.3 is 28.4 Å². The average Bonchev–Trinajstić information content (AvgIpc) is 3.33. The number of carbonyl (C=O) groups is 5. The summed E-state index contributed by atoms with van der Waals surface area (Å²) in [7, 11) is 0. The van der Waals surface area contributed by atoms with Gasteiger partial charge in [0.05, 0.1) is 15.0 Å². The van der Waals surface area contributed by atoms with Crippen molar-refractivity contribution in [2.45, 2.75) is 195 Å². The third kappa shape index (κ3) is 31.2. The van der Waals surface area contributed by atoms with Crippen molar-refractivity contribution in [3.05, 3.63) is 86.4 Å². The molecule has 2 unspecified atom stereocenters. The number of benzene rings is 2. The van der Waals surface area contributed by atoms with Gasteiger partial charge in [0.15, 0.2) is 11.9 Å². The van der Waals surface area contributed by atoms with E-state index in [1.54, 1.807) is 0 Å². The van der Waals surface area contributed by atoms with E-state index in [9.17, 15) is 34.1 Å². The van der Waals surface area contributed by atoms with Crippen LogP contribution in [0.2, 0.25) is 10.0 Å². The second-order valence-corrected chi connectivity index (χ2v) is 19.1. The first-order valence-electron chi connectivity index (χ1n) is 25.8. The number of carbonyl (C=O) groups excluding carboxylic acids is 5. The fourth-order valence-corrected chi connectivity index (χ4v) is 7.91. The molecule has 2 atom stereocenters. The lowest BCUT2D eigenvalue weighted by Crippen LogP contribution is -2.31. The normalized spacial score (nSPS) is 12.2. The Morgan fingerprint density at radius 3 is 1.52 bits per heavy atom. The van der Waals surface area contributed by atoms with Crippen LogP contribution in [0.1, 0.15) is 187 Å². The Labute approximate surface area is 432 Å². The summed E-state index contributed by atoms with van der Waals surface area (Å²) in [5.74, 6) is -2.11.